The molecule has 5 nitrogen and oxygen atoms in total. The first kappa shape index (κ1) is 25.8. The molecule has 1 N–H and O–H groups in total. The maximum atomic E-state index is 12.3. The predicted molar refractivity (Wildman–Crippen MR) is 155 cm³/mol. The second-order valence-corrected chi connectivity index (χ2v) is 9.86. The molecule has 6 heteroatoms. The van der Waals surface area contributed by atoms with Crippen molar-refractivity contribution >= 4 is 39.3 Å². The van der Waals surface area contributed by atoms with Crippen LogP contribution in [-0.2, 0) is 13.0 Å². The number of fused-ring (bicyclic) bond motifs is 2. The van der Waals surface area contributed by atoms with Gasteiger partial charge in [-0.3, -0.25) is 4.79 Å². The van der Waals surface area contributed by atoms with Crippen molar-refractivity contribution in [1.29, 1.82) is 0 Å². The van der Waals surface area contributed by atoms with Gasteiger partial charge in [-0.1, -0.05) is 66.6 Å². The highest BCUT2D eigenvalue weighted by Gasteiger charge is 2.11. The lowest BCUT2D eigenvalue weighted by molar-refractivity contribution is 0.0953. The van der Waals surface area contributed by atoms with E-state index < -0.39 is 0 Å². The fourth-order valence-electron chi connectivity index (χ4n) is 4.78. The number of aryl methyl sites for hydroxylation is 2. The van der Waals surface area contributed by atoms with Gasteiger partial charge < -0.3 is 14.6 Å². The average Bonchev–Trinajstić information content (AvgIpc) is 3.30. The number of hydrogen-bond acceptors (Lipinski definition) is 3. The highest BCUT2D eigenvalue weighted by atomic mass is 35.5. The number of benzene rings is 4. The predicted octanol–water partition coefficient (Wildman–Crippen LogP) is 7.45. The summed E-state index contributed by atoms with van der Waals surface area (Å²) < 4.78 is 8.51. The number of nitrogens with one attached hydrogen (secondary N) is 1. The molecule has 0 radical (unpaired) electrons. The molecule has 5 rings (SSSR count). The fourth-order valence-corrected chi connectivity index (χ4v) is 4.91. The SMILES string of the molecule is O=C(NCCCCCc1nc2ccccc2n1CCCOc1cccc2ccccc12)c1ccc(Cl)cc1. The van der Waals surface area contributed by atoms with Crippen LogP contribution in [0.4, 0.5) is 0 Å². The summed E-state index contributed by atoms with van der Waals surface area (Å²) in [6.45, 7) is 2.16. The number of nitrogens with zero attached hydrogens (tertiary/aromatic N) is 2. The van der Waals surface area contributed by atoms with Crippen molar-refractivity contribution in [2.24, 2.45) is 0 Å². The molecule has 194 valence electrons. The maximum absolute atomic E-state index is 12.3. The molecule has 0 spiro atoms. The molecule has 1 amide bonds. The van der Waals surface area contributed by atoms with Crippen LogP contribution in [0.5, 0.6) is 5.75 Å². The number of ether oxygens (including phenoxy) is 1. The highest BCUT2D eigenvalue weighted by molar-refractivity contribution is 6.30. The number of hydrogen-bond donors (Lipinski definition) is 1. The molecule has 0 saturated heterocycles. The molecular formula is C32H32ClN3O2. The smallest absolute Gasteiger partial charge is 0.251 e. The third-order valence-electron chi connectivity index (χ3n) is 6.74. The molecule has 0 saturated carbocycles. The second-order valence-electron chi connectivity index (χ2n) is 9.42. The van der Waals surface area contributed by atoms with E-state index in [1.807, 2.05) is 24.3 Å². The lowest BCUT2D eigenvalue weighted by Gasteiger charge is -2.12. The minimum absolute atomic E-state index is 0.0609. The van der Waals surface area contributed by atoms with Crippen molar-refractivity contribution in [1.82, 2.24) is 14.9 Å². The van der Waals surface area contributed by atoms with E-state index in [2.05, 4.69) is 52.3 Å². The van der Waals surface area contributed by atoms with Crippen LogP contribution in [-0.4, -0.2) is 28.6 Å². The molecule has 0 aliphatic rings. The van der Waals surface area contributed by atoms with Crippen LogP contribution in [0.15, 0.2) is 91.0 Å². The van der Waals surface area contributed by atoms with Gasteiger partial charge in [-0.05, 0) is 67.1 Å². The minimum Gasteiger partial charge on any atom is -0.493 e. The molecule has 38 heavy (non-hydrogen) atoms. The van der Waals surface area contributed by atoms with Gasteiger partial charge in [0.25, 0.3) is 5.91 Å². The van der Waals surface area contributed by atoms with Gasteiger partial charge in [0, 0.05) is 35.5 Å². The molecule has 5 aromatic rings. The third kappa shape index (κ3) is 6.35. The first-order chi connectivity index (χ1) is 18.7. The van der Waals surface area contributed by atoms with Gasteiger partial charge >= 0.3 is 0 Å². The third-order valence-corrected chi connectivity index (χ3v) is 6.99. The minimum atomic E-state index is -0.0609. The van der Waals surface area contributed by atoms with Crippen LogP contribution in [0, 0.1) is 0 Å². The molecule has 0 atom stereocenters. The molecule has 0 aliphatic heterocycles. The molecule has 1 heterocycles. The van der Waals surface area contributed by atoms with E-state index in [1.54, 1.807) is 24.3 Å². The summed E-state index contributed by atoms with van der Waals surface area (Å²) in [7, 11) is 0. The Kier molecular flexibility index (Phi) is 8.56. The Hall–Kier alpha value is -3.83. The van der Waals surface area contributed by atoms with Gasteiger partial charge in [-0.25, -0.2) is 4.98 Å². The maximum Gasteiger partial charge on any atom is 0.251 e. The summed E-state index contributed by atoms with van der Waals surface area (Å²) >= 11 is 5.90. The molecule has 0 aliphatic carbocycles. The van der Waals surface area contributed by atoms with Gasteiger partial charge in [0.15, 0.2) is 0 Å². The van der Waals surface area contributed by atoms with Gasteiger partial charge in [0.1, 0.15) is 11.6 Å². The molecule has 0 unspecified atom stereocenters. The van der Waals surface area contributed by atoms with Crippen LogP contribution < -0.4 is 10.1 Å². The van der Waals surface area contributed by atoms with Crippen LogP contribution >= 0.6 is 11.6 Å². The number of unbranched alkanes of at least 4 members (excludes halogenated alkanes) is 2. The van der Waals surface area contributed by atoms with Gasteiger partial charge in [0.05, 0.1) is 17.6 Å². The quantitative estimate of drug-likeness (QED) is 0.172. The van der Waals surface area contributed by atoms with Crippen molar-refractivity contribution in [2.45, 2.75) is 38.6 Å². The summed E-state index contributed by atoms with van der Waals surface area (Å²) in [6, 6.07) is 29.8. The Labute approximate surface area is 228 Å². The number of para-hydroxylation sites is 2. The molecule has 4 aromatic carbocycles. The van der Waals surface area contributed by atoms with Gasteiger partial charge in [0.2, 0.25) is 0 Å². The first-order valence-electron chi connectivity index (χ1n) is 13.3. The lowest BCUT2D eigenvalue weighted by atomic mass is 10.1. The summed E-state index contributed by atoms with van der Waals surface area (Å²) in [5.41, 5.74) is 2.84. The number of aromatic nitrogens is 2. The molecular weight excluding hydrogens is 494 g/mol. The monoisotopic (exact) mass is 525 g/mol. The number of amides is 1. The number of halogens is 1. The highest BCUT2D eigenvalue weighted by Crippen LogP contribution is 2.25. The zero-order valence-corrected chi connectivity index (χ0v) is 22.2. The van der Waals surface area contributed by atoms with Crippen molar-refractivity contribution in [3.05, 3.63) is 107 Å². The Morgan fingerprint density at radius 1 is 0.842 bits per heavy atom. The summed E-state index contributed by atoms with van der Waals surface area (Å²) in [6.07, 6.45) is 4.77. The fraction of sp³-hybridized carbons (Fsp3) is 0.250. The molecule has 0 bridgehead atoms. The van der Waals surface area contributed by atoms with Gasteiger partial charge in [-0.15, -0.1) is 0 Å². The zero-order chi connectivity index (χ0) is 26.2. The Morgan fingerprint density at radius 3 is 2.53 bits per heavy atom. The normalized spacial score (nSPS) is 11.2. The van der Waals surface area contributed by atoms with Gasteiger partial charge in [-0.2, -0.15) is 0 Å². The number of carbonyl (C=O) groups is 1. The van der Waals surface area contributed by atoms with E-state index in [4.69, 9.17) is 21.3 Å². The summed E-state index contributed by atoms with van der Waals surface area (Å²) in [5, 5.41) is 5.96. The van der Waals surface area contributed by atoms with Crippen LogP contribution in [0.3, 0.4) is 0 Å². The zero-order valence-electron chi connectivity index (χ0n) is 21.4. The molecule has 0 fully saturated rings. The second kappa shape index (κ2) is 12.6. The van der Waals surface area contributed by atoms with Crippen molar-refractivity contribution < 1.29 is 9.53 Å². The van der Waals surface area contributed by atoms with E-state index in [9.17, 15) is 4.79 Å². The topological polar surface area (TPSA) is 56.2 Å². The van der Waals surface area contributed by atoms with Crippen LogP contribution in [0.2, 0.25) is 5.02 Å². The van der Waals surface area contributed by atoms with Crippen molar-refractivity contribution in [3.8, 4) is 5.75 Å². The van der Waals surface area contributed by atoms with E-state index >= 15 is 0 Å². The Morgan fingerprint density at radius 2 is 1.63 bits per heavy atom. The first-order valence-corrected chi connectivity index (χ1v) is 13.7. The van der Waals surface area contributed by atoms with E-state index in [0.29, 0.717) is 23.7 Å². The number of rotatable bonds is 12. The number of carbonyl (C=O) groups excluding carboxylic acids is 1. The van der Waals surface area contributed by atoms with Crippen molar-refractivity contribution in [3.63, 3.8) is 0 Å². The Balaban J connectivity index is 1.11. The van der Waals surface area contributed by atoms with Crippen LogP contribution in [0.25, 0.3) is 21.8 Å². The van der Waals surface area contributed by atoms with E-state index in [1.165, 1.54) is 10.9 Å². The van der Waals surface area contributed by atoms with E-state index in [-0.39, 0.29) is 5.91 Å². The number of imidazole rings is 1. The van der Waals surface area contributed by atoms with Crippen LogP contribution in [0.1, 0.15) is 41.9 Å². The standard InChI is InChI=1S/C32H32ClN3O2/c33-26-19-17-25(18-20-26)32(37)34-21-7-1-2-16-31-35-28-13-5-6-14-29(28)36(31)22-9-23-38-30-15-8-11-24-10-3-4-12-27(24)30/h3-6,8,10-15,17-20H,1-2,7,9,16,21-23H2,(H,34,37). The average molecular weight is 526 g/mol. The van der Waals surface area contributed by atoms with E-state index in [0.717, 1.165) is 61.1 Å². The Bertz CT molecular complexity index is 1510. The molecule has 1 aromatic heterocycles. The largest absolute Gasteiger partial charge is 0.493 e. The van der Waals surface area contributed by atoms with Crippen molar-refractivity contribution in [2.75, 3.05) is 13.2 Å². The summed E-state index contributed by atoms with van der Waals surface area (Å²) in [5.74, 6) is 1.98. The lowest BCUT2D eigenvalue weighted by Crippen LogP contribution is -2.24. The summed E-state index contributed by atoms with van der Waals surface area (Å²) in [4.78, 5) is 17.2.